The predicted octanol–water partition coefficient (Wildman–Crippen LogP) is 3.47. The number of ether oxygens (including phenoxy) is 1. The molecule has 0 amide bonds. The van der Waals surface area contributed by atoms with Gasteiger partial charge in [0, 0.05) is 5.92 Å². The first-order valence-electron chi connectivity index (χ1n) is 4.99. The van der Waals surface area contributed by atoms with Crippen LogP contribution >= 0.6 is 0 Å². The number of halogens is 1. The van der Waals surface area contributed by atoms with Gasteiger partial charge in [-0.3, -0.25) is 4.39 Å². The molecular formula is C12H17FO. The molecule has 0 N–H and O–H groups in total. The SMILES string of the molecule is CCOc1cccc(C(C)CF)c1C. The van der Waals surface area contributed by atoms with Gasteiger partial charge in [-0.2, -0.15) is 0 Å². The van der Waals surface area contributed by atoms with Crippen LogP contribution in [-0.2, 0) is 0 Å². The number of rotatable bonds is 4. The molecule has 0 radical (unpaired) electrons. The van der Waals surface area contributed by atoms with Crippen molar-refractivity contribution in [1.82, 2.24) is 0 Å². The molecule has 0 aliphatic rings. The summed E-state index contributed by atoms with van der Waals surface area (Å²) < 4.78 is 18.0. The molecule has 2 heteroatoms. The maximum Gasteiger partial charge on any atom is 0.122 e. The van der Waals surface area contributed by atoms with Crippen molar-refractivity contribution < 1.29 is 9.13 Å². The minimum absolute atomic E-state index is 0.0459. The monoisotopic (exact) mass is 196 g/mol. The van der Waals surface area contributed by atoms with Gasteiger partial charge in [0.15, 0.2) is 0 Å². The van der Waals surface area contributed by atoms with Crippen LogP contribution in [0.2, 0.25) is 0 Å². The van der Waals surface area contributed by atoms with E-state index in [1.54, 1.807) is 0 Å². The van der Waals surface area contributed by atoms with Gasteiger partial charge in [0.25, 0.3) is 0 Å². The summed E-state index contributed by atoms with van der Waals surface area (Å²) >= 11 is 0. The molecule has 0 fully saturated rings. The molecule has 0 spiro atoms. The van der Waals surface area contributed by atoms with Crippen molar-refractivity contribution in [2.45, 2.75) is 26.7 Å². The molecule has 0 saturated heterocycles. The van der Waals surface area contributed by atoms with E-state index in [0.717, 1.165) is 16.9 Å². The first-order chi connectivity index (χ1) is 6.70. The molecule has 1 aromatic rings. The lowest BCUT2D eigenvalue weighted by atomic mass is 9.97. The highest BCUT2D eigenvalue weighted by Gasteiger charge is 2.10. The second-order valence-corrected chi connectivity index (χ2v) is 3.46. The van der Waals surface area contributed by atoms with E-state index in [9.17, 15) is 4.39 Å². The van der Waals surface area contributed by atoms with Crippen LogP contribution in [0.1, 0.15) is 30.9 Å². The highest BCUT2D eigenvalue weighted by Crippen LogP contribution is 2.27. The first-order valence-corrected chi connectivity index (χ1v) is 4.99. The Morgan fingerprint density at radius 2 is 2.14 bits per heavy atom. The van der Waals surface area contributed by atoms with E-state index in [2.05, 4.69) is 0 Å². The van der Waals surface area contributed by atoms with Gasteiger partial charge in [-0.1, -0.05) is 19.1 Å². The second kappa shape index (κ2) is 4.99. The fraction of sp³-hybridized carbons (Fsp3) is 0.500. The van der Waals surface area contributed by atoms with Crippen molar-refractivity contribution in [2.75, 3.05) is 13.3 Å². The third-order valence-electron chi connectivity index (χ3n) is 2.39. The summed E-state index contributed by atoms with van der Waals surface area (Å²) in [6, 6.07) is 5.80. The topological polar surface area (TPSA) is 9.23 Å². The Bertz CT molecular complexity index is 296. The zero-order valence-corrected chi connectivity index (χ0v) is 9.01. The third-order valence-corrected chi connectivity index (χ3v) is 2.39. The van der Waals surface area contributed by atoms with Crippen LogP contribution in [0.5, 0.6) is 5.75 Å². The third kappa shape index (κ3) is 2.25. The van der Waals surface area contributed by atoms with Gasteiger partial charge < -0.3 is 4.74 Å². The van der Waals surface area contributed by atoms with E-state index in [1.807, 2.05) is 39.0 Å². The van der Waals surface area contributed by atoms with Crippen molar-refractivity contribution in [2.24, 2.45) is 0 Å². The Morgan fingerprint density at radius 1 is 1.43 bits per heavy atom. The van der Waals surface area contributed by atoms with Crippen LogP contribution < -0.4 is 4.74 Å². The molecule has 78 valence electrons. The Labute approximate surface area is 84.9 Å². The summed E-state index contributed by atoms with van der Waals surface area (Å²) in [6.07, 6.45) is 0. The Balaban J connectivity index is 3.00. The molecule has 1 aromatic carbocycles. The van der Waals surface area contributed by atoms with Crippen LogP contribution in [0, 0.1) is 6.92 Å². The van der Waals surface area contributed by atoms with Crippen LogP contribution in [0.25, 0.3) is 0 Å². The van der Waals surface area contributed by atoms with E-state index in [4.69, 9.17) is 4.74 Å². The molecule has 0 saturated carbocycles. The highest BCUT2D eigenvalue weighted by atomic mass is 19.1. The minimum Gasteiger partial charge on any atom is -0.494 e. The minimum atomic E-state index is -0.323. The van der Waals surface area contributed by atoms with Gasteiger partial charge in [0.05, 0.1) is 13.3 Å². The Kier molecular flexibility index (Phi) is 3.93. The molecule has 1 rings (SSSR count). The van der Waals surface area contributed by atoms with E-state index in [1.165, 1.54) is 0 Å². The fourth-order valence-electron chi connectivity index (χ4n) is 1.56. The lowest BCUT2D eigenvalue weighted by molar-refractivity contribution is 0.336. The molecule has 0 aliphatic carbocycles. The van der Waals surface area contributed by atoms with E-state index in [0.29, 0.717) is 6.61 Å². The quantitative estimate of drug-likeness (QED) is 0.716. The van der Waals surface area contributed by atoms with Gasteiger partial charge in [0.1, 0.15) is 5.75 Å². The lowest BCUT2D eigenvalue weighted by Crippen LogP contribution is -2.01. The van der Waals surface area contributed by atoms with Gasteiger partial charge in [-0.15, -0.1) is 0 Å². The maximum atomic E-state index is 12.5. The largest absolute Gasteiger partial charge is 0.494 e. The van der Waals surface area contributed by atoms with Crippen molar-refractivity contribution in [3.8, 4) is 5.75 Å². The zero-order valence-electron chi connectivity index (χ0n) is 9.01. The zero-order chi connectivity index (χ0) is 10.6. The molecule has 1 nitrogen and oxygen atoms in total. The maximum absolute atomic E-state index is 12.5. The van der Waals surface area contributed by atoms with Crippen molar-refractivity contribution in [3.63, 3.8) is 0 Å². The summed E-state index contributed by atoms with van der Waals surface area (Å²) in [5, 5.41) is 0. The van der Waals surface area contributed by atoms with Crippen LogP contribution in [0.3, 0.4) is 0 Å². The standard InChI is InChI=1S/C12H17FO/c1-4-14-12-7-5-6-11(10(12)3)9(2)8-13/h5-7,9H,4,8H2,1-3H3. The second-order valence-electron chi connectivity index (χ2n) is 3.46. The van der Waals surface area contributed by atoms with Crippen LogP contribution in [0.4, 0.5) is 4.39 Å². The Hall–Kier alpha value is -1.05. The van der Waals surface area contributed by atoms with E-state index in [-0.39, 0.29) is 12.6 Å². The predicted molar refractivity (Wildman–Crippen MR) is 56.7 cm³/mol. The van der Waals surface area contributed by atoms with Crippen molar-refractivity contribution in [1.29, 1.82) is 0 Å². The van der Waals surface area contributed by atoms with Gasteiger partial charge in [-0.25, -0.2) is 0 Å². The number of hydrogen-bond acceptors (Lipinski definition) is 1. The van der Waals surface area contributed by atoms with Crippen LogP contribution in [0.15, 0.2) is 18.2 Å². The molecule has 1 unspecified atom stereocenters. The normalized spacial score (nSPS) is 12.6. The average molecular weight is 196 g/mol. The number of alkyl halides is 1. The molecule has 0 heterocycles. The van der Waals surface area contributed by atoms with Gasteiger partial charge >= 0.3 is 0 Å². The molecular weight excluding hydrogens is 179 g/mol. The highest BCUT2D eigenvalue weighted by molar-refractivity contribution is 5.40. The molecule has 0 aromatic heterocycles. The first kappa shape index (κ1) is 11.0. The molecule has 0 aliphatic heterocycles. The average Bonchev–Trinajstić information content (AvgIpc) is 2.20. The summed E-state index contributed by atoms with van der Waals surface area (Å²) in [5.41, 5.74) is 2.10. The van der Waals surface area contributed by atoms with E-state index < -0.39 is 0 Å². The summed E-state index contributed by atoms with van der Waals surface area (Å²) in [7, 11) is 0. The number of benzene rings is 1. The van der Waals surface area contributed by atoms with Gasteiger partial charge in [-0.05, 0) is 31.0 Å². The smallest absolute Gasteiger partial charge is 0.122 e. The van der Waals surface area contributed by atoms with E-state index >= 15 is 0 Å². The summed E-state index contributed by atoms with van der Waals surface area (Å²) in [5.74, 6) is 0.820. The van der Waals surface area contributed by atoms with Crippen molar-refractivity contribution >= 4 is 0 Å². The van der Waals surface area contributed by atoms with Gasteiger partial charge in [0.2, 0.25) is 0 Å². The molecule has 1 atom stereocenters. The number of hydrogen-bond donors (Lipinski definition) is 0. The lowest BCUT2D eigenvalue weighted by Gasteiger charge is -2.14. The van der Waals surface area contributed by atoms with Crippen molar-refractivity contribution in [3.05, 3.63) is 29.3 Å². The molecule has 14 heavy (non-hydrogen) atoms. The summed E-state index contributed by atoms with van der Waals surface area (Å²) in [6.45, 7) is 6.14. The fourth-order valence-corrected chi connectivity index (χ4v) is 1.56. The van der Waals surface area contributed by atoms with Crippen LogP contribution in [-0.4, -0.2) is 13.3 Å². The summed E-state index contributed by atoms with van der Waals surface area (Å²) in [4.78, 5) is 0. The molecule has 0 bridgehead atoms. The Morgan fingerprint density at radius 3 is 2.71 bits per heavy atom.